The van der Waals surface area contributed by atoms with E-state index in [1.54, 1.807) is 35.2 Å². The van der Waals surface area contributed by atoms with Crippen molar-refractivity contribution in [1.29, 1.82) is 5.26 Å². The van der Waals surface area contributed by atoms with Gasteiger partial charge in [0, 0.05) is 43.5 Å². The SMILES string of the molecule is N#Cc1cccc(NC(=O)c2ccc(N3CCN(C(=O)c4ccoc4)CC3)c([N+](=O)[O-])c2)c1. The first-order valence-corrected chi connectivity index (χ1v) is 10.1. The lowest BCUT2D eigenvalue weighted by molar-refractivity contribution is -0.384. The fraction of sp³-hybridized carbons (Fsp3) is 0.174. The Morgan fingerprint density at radius 2 is 1.85 bits per heavy atom. The average Bonchev–Trinajstić information content (AvgIpc) is 3.38. The number of carbonyl (C=O) groups is 2. The fourth-order valence-electron chi connectivity index (χ4n) is 3.67. The van der Waals surface area contributed by atoms with Gasteiger partial charge in [-0.15, -0.1) is 0 Å². The molecule has 0 saturated carbocycles. The number of piperazine rings is 1. The van der Waals surface area contributed by atoms with Gasteiger partial charge in [-0.1, -0.05) is 6.07 Å². The Kier molecular flexibility index (Phi) is 6.04. The second-order valence-corrected chi connectivity index (χ2v) is 7.40. The third kappa shape index (κ3) is 4.67. The van der Waals surface area contributed by atoms with Crippen molar-refractivity contribution in [3.8, 4) is 6.07 Å². The Hall–Kier alpha value is -4.65. The molecule has 10 heteroatoms. The number of nitrogens with zero attached hydrogens (tertiary/aromatic N) is 4. The van der Waals surface area contributed by atoms with Crippen molar-refractivity contribution in [2.75, 3.05) is 36.4 Å². The second-order valence-electron chi connectivity index (χ2n) is 7.40. The van der Waals surface area contributed by atoms with Crippen LogP contribution in [-0.4, -0.2) is 47.8 Å². The topological polar surface area (TPSA) is 133 Å². The maximum Gasteiger partial charge on any atom is 0.293 e. The molecule has 10 nitrogen and oxygen atoms in total. The number of carbonyl (C=O) groups excluding carboxylic acids is 2. The number of hydrogen-bond acceptors (Lipinski definition) is 7. The molecule has 1 fully saturated rings. The van der Waals surface area contributed by atoms with Crippen LogP contribution in [-0.2, 0) is 0 Å². The van der Waals surface area contributed by atoms with E-state index in [1.807, 2.05) is 11.0 Å². The molecule has 166 valence electrons. The van der Waals surface area contributed by atoms with E-state index in [9.17, 15) is 19.7 Å². The van der Waals surface area contributed by atoms with Gasteiger partial charge in [0.25, 0.3) is 17.5 Å². The maximum atomic E-state index is 12.6. The van der Waals surface area contributed by atoms with E-state index in [0.29, 0.717) is 48.7 Å². The van der Waals surface area contributed by atoms with Crippen molar-refractivity contribution in [2.24, 2.45) is 0 Å². The van der Waals surface area contributed by atoms with Crippen molar-refractivity contribution >= 4 is 28.9 Å². The number of hydrogen-bond donors (Lipinski definition) is 1. The largest absolute Gasteiger partial charge is 0.472 e. The molecule has 0 spiro atoms. The van der Waals surface area contributed by atoms with Gasteiger partial charge in [-0.2, -0.15) is 5.26 Å². The van der Waals surface area contributed by atoms with Crippen LogP contribution >= 0.6 is 0 Å². The molecule has 2 heterocycles. The van der Waals surface area contributed by atoms with Crippen molar-refractivity contribution in [2.45, 2.75) is 0 Å². The summed E-state index contributed by atoms with van der Waals surface area (Å²) in [5.74, 6) is -0.666. The predicted octanol–water partition coefficient (Wildman–Crippen LogP) is 3.27. The molecule has 2 aromatic carbocycles. The monoisotopic (exact) mass is 445 g/mol. The Morgan fingerprint density at radius 1 is 1.06 bits per heavy atom. The molecule has 1 N–H and O–H groups in total. The lowest BCUT2D eigenvalue weighted by atomic mass is 10.1. The highest BCUT2D eigenvalue weighted by Gasteiger charge is 2.27. The first-order valence-electron chi connectivity index (χ1n) is 10.1. The highest BCUT2D eigenvalue weighted by Crippen LogP contribution is 2.30. The van der Waals surface area contributed by atoms with E-state index in [4.69, 9.17) is 9.68 Å². The summed E-state index contributed by atoms with van der Waals surface area (Å²) in [6.07, 6.45) is 2.82. The quantitative estimate of drug-likeness (QED) is 0.471. The van der Waals surface area contributed by atoms with Crippen molar-refractivity contribution in [3.63, 3.8) is 0 Å². The summed E-state index contributed by atoms with van der Waals surface area (Å²) >= 11 is 0. The van der Waals surface area contributed by atoms with Crippen LogP contribution in [0.4, 0.5) is 17.1 Å². The van der Waals surface area contributed by atoms with Gasteiger partial charge < -0.3 is 19.5 Å². The Morgan fingerprint density at radius 3 is 2.52 bits per heavy atom. The van der Waals surface area contributed by atoms with E-state index in [1.165, 1.54) is 30.7 Å². The smallest absolute Gasteiger partial charge is 0.293 e. The van der Waals surface area contributed by atoms with E-state index in [0.717, 1.165) is 0 Å². The van der Waals surface area contributed by atoms with Crippen LogP contribution in [0.3, 0.4) is 0 Å². The fourth-order valence-corrected chi connectivity index (χ4v) is 3.67. The maximum absolute atomic E-state index is 12.6. The molecule has 2 amide bonds. The minimum absolute atomic E-state index is 0.126. The molecule has 0 aliphatic carbocycles. The van der Waals surface area contributed by atoms with E-state index in [2.05, 4.69) is 5.32 Å². The molecule has 4 rings (SSSR count). The van der Waals surface area contributed by atoms with Gasteiger partial charge in [-0.3, -0.25) is 19.7 Å². The van der Waals surface area contributed by atoms with Crippen LogP contribution in [0.1, 0.15) is 26.3 Å². The zero-order valence-electron chi connectivity index (χ0n) is 17.4. The minimum atomic E-state index is -0.522. The van der Waals surface area contributed by atoms with Crippen LogP contribution in [0.5, 0.6) is 0 Å². The molecular weight excluding hydrogens is 426 g/mol. The highest BCUT2D eigenvalue weighted by molar-refractivity contribution is 6.05. The summed E-state index contributed by atoms with van der Waals surface area (Å²) in [5.41, 5.74) is 1.59. The lowest BCUT2D eigenvalue weighted by Gasteiger charge is -2.35. The molecule has 1 aromatic heterocycles. The molecule has 0 atom stereocenters. The molecule has 1 saturated heterocycles. The van der Waals surface area contributed by atoms with Crippen LogP contribution < -0.4 is 10.2 Å². The number of benzene rings is 2. The number of nitro benzene ring substituents is 1. The zero-order chi connectivity index (χ0) is 23.4. The van der Waals surface area contributed by atoms with Crippen LogP contribution in [0, 0.1) is 21.4 Å². The van der Waals surface area contributed by atoms with Gasteiger partial charge in [0.05, 0.1) is 28.4 Å². The Balaban J connectivity index is 1.48. The van der Waals surface area contributed by atoms with Crippen molar-refractivity contribution < 1.29 is 18.9 Å². The number of amides is 2. The number of nitrogens with one attached hydrogen (secondary N) is 1. The minimum Gasteiger partial charge on any atom is -0.472 e. The zero-order valence-corrected chi connectivity index (χ0v) is 17.4. The number of nitriles is 1. The van der Waals surface area contributed by atoms with Gasteiger partial charge in [0.2, 0.25) is 0 Å². The lowest BCUT2D eigenvalue weighted by Crippen LogP contribution is -2.48. The van der Waals surface area contributed by atoms with Gasteiger partial charge in [0.1, 0.15) is 12.0 Å². The number of furan rings is 1. The van der Waals surface area contributed by atoms with E-state index >= 15 is 0 Å². The van der Waals surface area contributed by atoms with Crippen molar-refractivity contribution in [3.05, 3.63) is 87.9 Å². The predicted molar refractivity (Wildman–Crippen MR) is 119 cm³/mol. The number of anilines is 2. The third-order valence-electron chi connectivity index (χ3n) is 5.36. The molecule has 0 unspecified atom stereocenters. The van der Waals surface area contributed by atoms with Gasteiger partial charge in [-0.25, -0.2) is 0 Å². The summed E-state index contributed by atoms with van der Waals surface area (Å²) < 4.78 is 4.96. The molecule has 1 aliphatic rings. The summed E-state index contributed by atoms with van der Waals surface area (Å²) in [7, 11) is 0. The van der Waals surface area contributed by atoms with E-state index in [-0.39, 0.29) is 17.2 Å². The number of rotatable bonds is 5. The van der Waals surface area contributed by atoms with Crippen LogP contribution in [0.2, 0.25) is 0 Å². The van der Waals surface area contributed by atoms with E-state index < -0.39 is 10.8 Å². The second kappa shape index (κ2) is 9.23. The first-order chi connectivity index (χ1) is 16.0. The molecule has 1 aliphatic heterocycles. The van der Waals surface area contributed by atoms with Crippen molar-refractivity contribution in [1.82, 2.24) is 4.90 Å². The summed E-state index contributed by atoms with van der Waals surface area (Å²) in [4.78, 5) is 39.8. The van der Waals surface area contributed by atoms with Crippen LogP contribution in [0.15, 0.2) is 65.5 Å². The summed E-state index contributed by atoms with van der Waals surface area (Å²) in [6.45, 7) is 1.63. The Bertz CT molecular complexity index is 1240. The third-order valence-corrected chi connectivity index (χ3v) is 5.36. The van der Waals surface area contributed by atoms with Gasteiger partial charge in [0.15, 0.2) is 0 Å². The van der Waals surface area contributed by atoms with Gasteiger partial charge >= 0.3 is 0 Å². The molecule has 0 bridgehead atoms. The first kappa shape index (κ1) is 21.6. The molecule has 3 aromatic rings. The Labute approximate surface area is 188 Å². The van der Waals surface area contributed by atoms with Gasteiger partial charge in [-0.05, 0) is 36.4 Å². The highest BCUT2D eigenvalue weighted by atomic mass is 16.6. The standard InChI is InChI=1S/C23H19N5O5/c24-14-16-2-1-3-19(12-16)25-22(29)17-4-5-20(21(13-17)28(31)32)26-7-9-27(10-8-26)23(30)18-6-11-33-15-18/h1-6,11-13,15H,7-10H2,(H,25,29). The summed E-state index contributed by atoms with van der Waals surface area (Å²) in [6, 6.07) is 14.3. The average molecular weight is 445 g/mol. The summed E-state index contributed by atoms with van der Waals surface area (Å²) in [5, 5.41) is 23.4. The molecular formula is C23H19N5O5. The molecule has 0 radical (unpaired) electrons. The van der Waals surface area contributed by atoms with Crippen LogP contribution in [0.25, 0.3) is 0 Å². The normalized spacial score (nSPS) is 13.3. The molecule has 33 heavy (non-hydrogen) atoms. The number of nitro groups is 1.